The Labute approximate surface area is 147 Å². The van der Waals surface area contributed by atoms with Crippen molar-refractivity contribution in [3.05, 3.63) is 58.6 Å². The van der Waals surface area contributed by atoms with E-state index in [1.54, 1.807) is 18.2 Å². The smallest absolute Gasteiger partial charge is 0.326 e. The maximum Gasteiger partial charge on any atom is 0.326 e. The molecule has 1 N–H and O–H groups in total. The van der Waals surface area contributed by atoms with Crippen LogP contribution in [0.5, 0.6) is 0 Å². The van der Waals surface area contributed by atoms with Crippen LogP contribution in [0, 0.1) is 11.6 Å². The summed E-state index contributed by atoms with van der Waals surface area (Å²) >= 11 is 5.99. The number of halogens is 3. The van der Waals surface area contributed by atoms with Gasteiger partial charge in [-0.2, -0.15) is 0 Å². The Morgan fingerprint density at radius 1 is 1.16 bits per heavy atom. The highest BCUT2D eigenvalue weighted by molar-refractivity contribution is 6.30. The molecule has 0 spiro atoms. The first-order valence-corrected chi connectivity index (χ1v) is 8.00. The largest absolute Gasteiger partial charge is 0.480 e. The van der Waals surface area contributed by atoms with Gasteiger partial charge in [0.1, 0.15) is 17.7 Å². The summed E-state index contributed by atoms with van der Waals surface area (Å²) in [6, 6.07) is 6.99. The second kappa shape index (κ2) is 6.80. The summed E-state index contributed by atoms with van der Waals surface area (Å²) in [5.74, 6) is -2.86. The molecule has 1 aliphatic heterocycles. The Kier molecular flexibility index (Phi) is 4.72. The fourth-order valence-electron chi connectivity index (χ4n) is 2.91. The summed E-state index contributed by atoms with van der Waals surface area (Å²) in [7, 11) is 0. The topological polar surface area (TPSA) is 57.6 Å². The first kappa shape index (κ1) is 17.4. The molecule has 4 nitrogen and oxygen atoms in total. The van der Waals surface area contributed by atoms with Crippen LogP contribution >= 0.6 is 11.6 Å². The second-order valence-electron chi connectivity index (χ2n) is 5.87. The standard InChI is InChI=1S/C18H14ClF2NO3/c19-12-1-2-15(11-6-13(20)9-14(21)7-11)10(5-12)8-17(23)22-4-3-16(22)18(24)25/h1-2,5-7,9,16H,3-4,8H2,(H,24,25)/t16-/m1/s1. The summed E-state index contributed by atoms with van der Waals surface area (Å²) in [6.07, 6.45) is 0.316. The fraction of sp³-hybridized carbons (Fsp3) is 0.222. The third kappa shape index (κ3) is 3.64. The predicted molar refractivity (Wildman–Crippen MR) is 88.3 cm³/mol. The molecule has 0 saturated carbocycles. The Morgan fingerprint density at radius 3 is 2.40 bits per heavy atom. The van der Waals surface area contributed by atoms with E-state index in [0.29, 0.717) is 29.1 Å². The van der Waals surface area contributed by atoms with E-state index in [1.807, 2.05) is 0 Å². The van der Waals surface area contributed by atoms with E-state index in [0.717, 1.165) is 6.07 Å². The lowest BCUT2D eigenvalue weighted by atomic mass is 9.95. The van der Waals surface area contributed by atoms with Crippen LogP contribution in [-0.4, -0.2) is 34.5 Å². The van der Waals surface area contributed by atoms with E-state index in [4.69, 9.17) is 16.7 Å². The molecule has 1 fully saturated rings. The number of benzene rings is 2. The molecule has 1 atom stereocenters. The van der Waals surface area contributed by atoms with Gasteiger partial charge < -0.3 is 10.0 Å². The molecule has 0 radical (unpaired) electrons. The van der Waals surface area contributed by atoms with E-state index in [2.05, 4.69) is 0 Å². The van der Waals surface area contributed by atoms with E-state index in [1.165, 1.54) is 17.0 Å². The molecule has 1 heterocycles. The van der Waals surface area contributed by atoms with Gasteiger partial charge in [-0.3, -0.25) is 4.79 Å². The fourth-order valence-corrected chi connectivity index (χ4v) is 3.10. The molecule has 1 amide bonds. The summed E-state index contributed by atoms with van der Waals surface area (Å²) in [5.41, 5.74) is 1.25. The highest BCUT2D eigenvalue weighted by Gasteiger charge is 2.37. The Hall–Kier alpha value is -2.47. The molecular formula is C18H14ClF2NO3. The zero-order valence-corrected chi connectivity index (χ0v) is 13.8. The van der Waals surface area contributed by atoms with Crippen LogP contribution in [0.15, 0.2) is 36.4 Å². The lowest BCUT2D eigenvalue weighted by Crippen LogP contribution is -2.55. The summed E-state index contributed by atoms with van der Waals surface area (Å²) in [5, 5.41) is 9.43. The quantitative estimate of drug-likeness (QED) is 0.902. The molecule has 2 aromatic rings. The number of aliphatic carboxylic acids is 1. The highest BCUT2D eigenvalue weighted by atomic mass is 35.5. The summed E-state index contributed by atoms with van der Waals surface area (Å²) in [4.78, 5) is 24.8. The number of carboxylic acids is 1. The molecule has 130 valence electrons. The van der Waals surface area contributed by atoms with Crippen LogP contribution in [0.25, 0.3) is 11.1 Å². The number of carbonyl (C=O) groups is 2. The van der Waals surface area contributed by atoms with Crippen molar-refractivity contribution in [3.63, 3.8) is 0 Å². The van der Waals surface area contributed by atoms with Gasteiger partial charge in [-0.15, -0.1) is 0 Å². The zero-order valence-electron chi connectivity index (χ0n) is 13.0. The van der Waals surface area contributed by atoms with Gasteiger partial charge in [-0.05, 0) is 47.4 Å². The van der Waals surface area contributed by atoms with Crippen molar-refractivity contribution in [2.45, 2.75) is 18.9 Å². The van der Waals surface area contributed by atoms with E-state index >= 15 is 0 Å². The van der Waals surface area contributed by atoms with Crippen LogP contribution in [0.1, 0.15) is 12.0 Å². The number of carbonyl (C=O) groups excluding carboxylic acids is 1. The van der Waals surface area contributed by atoms with Crippen molar-refractivity contribution in [2.75, 3.05) is 6.54 Å². The van der Waals surface area contributed by atoms with Gasteiger partial charge in [0.15, 0.2) is 0 Å². The third-order valence-corrected chi connectivity index (χ3v) is 4.44. The lowest BCUT2D eigenvalue weighted by Gasteiger charge is -2.38. The molecule has 7 heteroatoms. The average molecular weight is 366 g/mol. The normalized spacial score (nSPS) is 16.4. The number of hydrogen-bond donors (Lipinski definition) is 1. The van der Waals surface area contributed by atoms with Crippen molar-refractivity contribution in [3.8, 4) is 11.1 Å². The van der Waals surface area contributed by atoms with Gasteiger partial charge in [0.2, 0.25) is 5.91 Å². The number of amides is 1. The molecular weight excluding hydrogens is 352 g/mol. The van der Waals surface area contributed by atoms with E-state index < -0.39 is 23.6 Å². The molecule has 1 aliphatic rings. The van der Waals surface area contributed by atoms with Gasteiger partial charge in [-0.1, -0.05) is 17.7 Å². The summed E-state index contributed by atoms with van der Waals surface area (Å²) in [6.45, 7) is 0.375. The van der Waals surface area contributed by atoms with Crippen molar-refractivity contribution in [1.29, 1.82) is 0 Å². The monoisotopic (exact) mass is 365 g/mol. The molecule has 1 saturated heterocycles. The lowest BCUT2D eigenvalue weighted by molar-refractivity contribution is -0.156. The number of nitrogens with zero attached hydrogens (tertiary/aromatic N) is 1. The van der Waals surface area contributed by atoms with Gasteiger partial charge >= 0.3 is 5.97 Å². The average Bonchev–Trinajstić information content (AvgIpc) is 2.44. The van der Waals surface area contributed by atoms with Crippen molar-refractivity contribution in [2.24, 2.45) is 0 Å². The number of likely N-dealkylation sites (tertiary alicyclic amines) is 1. The Balaban J connectivity index is 1.92. The van der Waals surface area contributed by atoms with Gasteiger partial charge in [0, 0.05) is 17.6 Å². The van der Waals surface area contributed by atoms with Crippen LogP contribution in [0.4, 0.5) is 8.78 Å². The van der Waals surface area contributed by atoms with E-state index in [-0.39, 0.29) is 17.9 Å². The van der Waals surface area contributed by atoms with Gasteiger partial charge in [-0.25, -0.2) is 13.6 Å². The minimum atomic E-state index is -1.04. The molecule has 0 aliphatic carbocycles. The number of rotatable bonds is 4. The highest BCUT2D eigenvalue weighted by Crippen LogP contribution is 2.29. The molecule has 3 rings (SSSR count). The SMILES string of the molecule is O=C(O)[C@H]1CCN1C(=O)Cc1cc(Cl)ccc1-c1cc(F)cc(F)c1. The van der Waals surface area contributed by atoms with E-state index in [9.17, 15) is 18.4 Å². The Morgan fingerprint density at radius 2 is 1.84 bits per heavy atom. The van der Waals surface area contributed by atoms with Crippen molar-refractivity contribution < 1.29 is 23.5 Å². The minimum Gasteiger partial charge on any atom is -0.480 e. The third-order valence-electron chi connectivity index (χ3n) is 4.21. The number of carboxylic acid groups (broad SMARTS) is 1. The summed E-state index contributed by atoms with van der Waals surface area (Å²) < 4.78 is 27.0. The van der Waals surface area contributed by atoms with Crippen molar-refractivity contribution in [1.82, 2.24) is 4.90 Å². The van der Waals surface area contributed by atoms with Crippen molar-refractivity contribution >= 4 is 23.5 Å². The number of hydrogen-bond acceptors (Lipinski definition) is 2. The van der Waals surface area contributed by atoms with Crippen LogP contribution in [-0.2, 0) is 16.0 Å². The predicted octanol–water partition coefficient (Wildman–Crippen LogP) is 3.51. The van der Waals surface area contributed by atoms with Crippen LogP contribution in [0.3, 0.4) is 0 Å². The maximum absolute atomic E-state index is 13.5. The molecule has 2 aromatic carbocycles. The maximum atomic E-state index is 13.5. The zero-order chi connectivity index (χ0) is 18.1. The van der Waals surface area contributed by atoms with Gasteiger partial charge in [0.05, 0.1) is 6.42 Å². The molecule has 0 bridgehead atoms. The first-order valence-electron chi connectivity index (χ1n) is 7.62. The first-order chi connectivity index (χ1) is 11.8. The van der Waals surface area contributed by atoms with Gasteiger partial charge in [0.25, 0.3) is 0 Å². The molecule has 0 unspecified atom stereocenters. The second-order valence-corrected chi connectivity index (χ2v) is 6.30. The molecule has 25 heavy (non-hydrogen) atoms. The molecule has 0 aromatic heterocycles. The van der Waals surface area contributed by atoms with Crippen LogP contribution in [0.2, 0.25) is 5.02 Å². The Bertz CT molecular complexity index is 836. The van der Waals surface area contributed by atoms with Crippen LogP contribution < -0.4 is 0 Å². The minimum absolute atomic E-state index is 0.0994.